The van der Waals surface area contributed by atoms with Crippen LogP contribution in [0.2, 0.25) is 0 Å². The zero-order chi connectivity index (χ0) is 7.61. The zero-order valence-electron chi connectivity index (χ0n) is 4.90. The Hall–Kier alpha value is -0.330. The summed E-state index contributed by atoms with van der Waals surface area (Å²) >= 11 is 0. The second-order valence-electron chi connectivity index (χ2n) is 1.72. The van der Waals surface area contributed by atoms with E-state index in [1.807, 2.05) is 0 Å². The molecule has 0 amide bonds. The van der Waals surface area contributed by atoms with Crippen molar-refractivity contribution < 1.29 is 17.9 Å². The van der Waals surface area contributed by atoms with Crippen LogP contribution in [0.5, 0.6) is 0 Å². The quantitative estimate of drug-likeness (QED) is 0.566. The Bertz CT molecular complexity index is 110. The Kier molecular flexibility index (Phi) is 2.12. The molecule has 10 heavy (non-hydrogen) atoms. The topological polar surface area (TPSA) is 33.3 Å². The summed E-state index contributed by atoms with van der Waals surface area (Å²) in [6, 6.07) is 0. The number of nitrogens with one attached hydrogen (secondary N) is 2. The van der Waals surface area contributed by atoms with Crippen molar-refractivity contribution >= 4 is 0 Å². The van der Waals surface area contributed by atoms with Crippen molar-refractivity contribution in [3.63, 3.8) is 0 Å². The van der Waals surface area contributed by atoms with Gasteiger partial charge in [-0.05, 0) is 0 Å². The Morgan fingerprint density at radius 1 is 1.50 bits per heavy atom. The molecule has 0 aliphatic carbocycles. The van der Waals surface area contributed by atoms with Crippen LogP contribution in [-0.4, -0.2) is 19.3 Å². The molecule has 1 atom stereocenters. The van der Waals surface area contributed by atoms with Crippen LogP contribution in [-0.2, 0) is 4.74 Å². The second-order valence-corrected chi connectivity index (χ2v) is 1.72. The van der Waals surface area contributed by atoms with Crippen LogP contribution >= 0.6 is 0 Å². The van der Waals surface area contributed by atoms with E-state index < -0.39 is 12.7 Å². The lowest BCUT2D eigenvalue weighted by Gasteiger charge is -2.13. The normalized spacial score (nSPS) is 21.9. The maximum atomic E-state index is 11.4. The van der Waals surface area contributed by atoms with Gasteiger partial charge < -0.3 is 0 Å². The Balaban J connectivity index is 2.24. The first-order chi connectivity index (χ1) is 4.58. The van der Waals surface area contributed by atoms with Gasteiger partial charge in [0, 0.05) is 13.1 Å². The minimum Gasteiger partial charge on any atom is -0.278 e. The van der Waals surface area contributed by atoms with Crippen molar-refractivity contribution in [2.45, 2.75) is 12.7 Å². The molecule has 2 N–H and O–H groups in total. The molecular formula is C4H6F3N2O. The van der Waals surface area contributed by atoms with Crippen LogP contribution in [0.25, 0.3) is 0 Å². The second kappa shape index (κ2) is 2.73. The predicted octanol–water partition coefficient (Wildman–Crippen LogP) is 0.161. The number of hydrogen-bond donors (Lipinski definition) is 2. The lowest BCUT2D eigenvalue weighted by molar-refractivity contribution is -0.347. The van der Waals surface area contributed by atoms with Crippen LogP contribution in [0.1, 0.15) is 0 Å². The molecule has 3 nitrogen and oxygen atoms in total. The van der Waals surface area contributed by atoms with Crippen molar-refractivity contribution in [1.82, 2.24) is 10.6 Å². The molecule has 1 heterocycles. The maximum Gasteiger partial charge on any atom is 0.525 e. The lowest BCUT2D eigenvalue weighted by Crippen LogP contribution is -2.38. The van der Waals surface area contributed by atoms with Gasteiger partial charge in [0.2, 0.25) is 0 Å². The van der Waals surface area contributed by atoms with E-state index in [-0.39, 0.29) is 0 Å². The van der Waals surface area contributed by atoms with Crippen LogP contribution < -0.4 is 10.6 Å². The summed E-state index contributed by atoms with van der Waals surface area (Å²) in [5.74, 6) is 0. The van der Waals surface area contributed by atoms with E-state index >= 15 is 0 Å². The van der Waals surface area contributed by atoms with Gasteiger partial charge in [-0.2, -0.15) is 0 Å². The number of halogens is 3. The molecule has 0 spiro atoms. The first kappa shape index (κ1) is 7.77. The maximum absolute atomic E-state index is 11.4. The molecule has 0 aromatic heterocycles. The van der Waals surface area contributed by atoms with E-state index in [2.05, 4.69) is 15.4 Å². The third-order valence-electron chi connectivity index (χ3n) is 0.926. The molecule has 1 radical (unpaired) electrons. The molecule has 59 valence electrons. The van der Waals surface area contributed by atoms with E-state index in [0.29, 0.717) is 6.54 Å². The fraction of sp³-hybridized carbons (Fsp3) is 0.750. The van der Waals surface area contributed by atoms with Crippen LogP contribution in [0.3, 0.4) is 0 Å². The fourth-order valence-corrected chi connectivity index (χ4v) is 0.600. The molecule has 1 unspecified atom stereocenters. The summed E-state index contributed by atoms with van der Waals surface area (Å²) in [5, 5.41) is 4.74. The Morgan fingerprint density at radius 2 is 2.20 bits per heavy atom. The van der Waals surface area contributed by atoms with Crippen molar-refractivity contribution in [1.29, 1.82) is 0 Å². The molecular weight excluding hydrogens is 149 g/mol. The lowest BCUT2D eigenvalue weighted by atomic mass is 10.7. The molecule has 1 saturated heterocycles. The predicted molar refractivity (Wildman–Crippen MR) is 26.4 cm³/mol. The van der Waals surface area contributed by atoms with Crippen molar-refractivity contribution in [2.75, 3.05) is 6.54 Å². The molecule has 1 aliphatic heterocycles. The van der Waals surface area contributed by atoms with Crippen molar-refractivity contribution in [2.24, 2.45) is 0 Å². The van der Waals surface area contributed by atoms with Gasteiger partial charge in [0.1, 0.15) is 0 Å². The highest BCUT2D eigenvalue weighted by Crippen LogP contribution is 2.17. The van der Waals surface area contributed by atoms with Crippen molar-refractivity contribution in [3.8, 4) is 0 Å². The van der Waals surface area contributed by atoms with E-state index in [9.17, 15) is 13.2 Å². The highest BCUT2D eigenvalue weighted by molar-refractivity contribution is 4.75. The molecule has 1 aliphatic rings. The van der Waals surface area contributed by atoms with Gasteiger partial charge in [-0.25, -0.2) is 0 Å². The summed E-state index contributed by atoms with van der Waals surface area (Å²) in [7, 11) is 0. The highest BCUT2D eigenvalue weighted by Gasteiger charge is 2.34. The minimum atomic E-state index is -4.58. The number of hydrogen-bond acceptors (Lipinski definition) is 3. The summed E-state index contributed by atoms with van der Waals surface area (Å²) in [5.41, 5.74) is 0. The SMILES string of the molecule is FC(F)(F)OC1N[CH]CN1. The highest BCUT2D eigenvalue weighted by atomic mass is 19.4. The standard InChI is InChI=1S/C4H6F3N2O/c5-4(6,7)10-3-8-1-2-9-3/h1,3,8-9H,2H2. The zero-order valence-corrected chi connectivity index (χ0v) is 4.90. The molecule has 6 heteroatoms. The van der Waals surface area contributed by atoms with Crippen LogP contribution in [0.4, 0.5) is 13.2 Å². The van der Waals surface area contributed by atoms with Gasteiger partial charge in [0.05, 0.1) is 0 Å². The Labute approximate surface area is 55.5 Å². The van der Waals surface area contributed by atoms with Gasteiger partial charge in [0.15, 0.2) is 6.35 Å². The summed E-state index contributed by atoms with van der Waals surface area (Å²) in [6.07, 6.45) is -5.71. The smallest absolute Gasteiger partial charge is 0.278 e. The Morgan fingerprint density at radius 3 is 2.60 bits per heavy atom. The number of ether oxygens (including phenoxy) is 1. The molecule has 1 rings (SSSR count). The van der Waals surface area contributed by atoms with E-state index in [0.717, 1.165) is 0 Å². The first-order valence-electron chi connectivity index (χ1n) is 2.63. The molecule has 0 saturated carbocycles. The van der Waals surface area contributed by atoms with Crippen molar-refractivity contribution in [3.05, 3.63) is 6.54 Å². The van der Waals surface area contributed by atoms with Gasteiger partial charge >= 0.3 is 6.36 Å². The van der Waals surface area contributed by atoms with Gasteiger partial charge in [-0.3, -0.25) is 15.4 Å². The van der Waals surface area contributed by atoms with Gasteiger partial charge in [-0.15, -0.1) is 13.2 Å². The summed E-state index contributed by atoms with van der Waals surface area (Å²) in [4.78, 5) is 0. The molecule has 0 aromatic carbocycles. The molecule has 0 bridgehead atoms. The largest absolute Gasteiger partial charge is 0.525 e. The van der Waals surface area contributed by atoms with E-state index in [1.54, 1.807) is 0 Å². The number of alkyl halides is 3. The fourth-order valence-electron chi connectivity index (χ4n) is 0.600. The minimum absolute atomic E-state index is 0.376. The van der Waals surface area contributed by atoms with Crippen LogP contribution in [0.15, 0.2) is 0 Å². The van der Waals surface area contributed by atoms with Gasteiger partial charge in [0.25, 0.3) is 0 Å². The first-order valence-corrected chi connectivity index (χ1v) is 2.63. The average molecular weight is 155 g/mol. The van der Waals surface area contributed by atoms with Crippen LogP contribution in [0, 0.1) is 6.54 Å². The average Bonchev–Trinajstić information content (AvgIpc) is 2.12. The third-order valence-corrected chi connectivity index (χ3v) is 0.926. The third kappa shape index (κ3) is 2.51. The van der Waals surface area contributed by atoms with E-state index in [1.165, 1.54) is 6.54 Å². The summed E-state index contributed by atoms with van der Waals surface area (Å²) < 4.78 is 37.7. The monoisotopic (exact) mass is 155 g/mol. The number of rotatable bonds is 1. The van der Waals surface area contributed by atoms with Gasteiger partial charge in [-0.1, -0.05) is 0 Å². The molecule has 1 fully saturated rings. The summed E-state index contributed by atoms with van der Waals surface area (Å²) in [6.45, 7) is 1.83. The molecule has 0 aromatic rings. The van der Waals surface area contributed by atoms with E-state index in [4.69, 9.17) is 0 Å².